The van der Waals surface area contributed by atoms with E-state index in [1.807, 2.05) is 30.3 Å². The van der Waals surface area contributed by atoms with Crippen molar-refractivity contribution in [1.29, 1.82) is 0 Å². The van der Waals surface area contributed by atoms with E-state index in [0.29, 0.717) is 12.8 Å². The maximum absolute atomic E-state index is 13.5. The van der Waals surface area contributed by atoms with E-state index in [1.54, 1.807) is 39.8 Å². The van der Waals surface area contributed by atoms with Gasteiger partial charge in [-0.2, -0.15) is 0 Å². The van der Waals surface area contributed by atoms with E-state index in [9.17, 15) is 20.0 Å². The zero-order chi connectivity index (χ0) is 35.6. The van der Waals surface area contributed by atoms with Crippen molar-refractivity contribution in [2.45, 2.75) is 115 Å². The van der Waals surface area contributed by atoms with E-state index < -0.39 is 84.0 Å². The number of nitrogens with zero attached hydrogens (tertiary/aromatic N) is 1. The molecule has 4 saturated heterocycles. The molecule has 4 heterocycles. The number of nitro benzene ring substituents is 1. The Morgan fingerprint density at radius 2 is 1.67 bits per heavy atom. The van der Waals surface area contributed by atoms with E-state index in [2.05, 4.69) is 6.58 Å². The van der Waals surface area contributed by atoms with Crippen molar-refractivity contribution in [3.8, 4) is 0 Å². The normalized spacial score (nSPS) is 33.1. The fraction of sp³-hybridized carbons (Fsp3) is 0.583. The van der Waals surface area contributed by atoms with Gasteiger partial charge < -0.3 is 47.7 Å². The molecule has 5 unspecified atom stereocenters. The molecule has 4 aliphatic rings. The second kappa shape index (κ2) is 17.1. The van der Waals surface area contributed by atoms with Gasteiger partial charge in [0, 0.05) is 57.0 Å². The van der Waals surface area contributed by atoms with Crippen LogP contribution >= 0.6 is 0 Å². The van der Waals surface area contributed by atoms with Gasteiger partial charge in [-0.1, -0.05) is 42.5 Å². The minimum absolute atomic E-state index is 0. The number of aryl methyl sites for hydroxylation is 1. The third kappa shape index (κ3) is 9.35. The van der Waals surface area contributed by atoms with Crippen molar-refractivity contribution in [3.63, 3.8) is 0 Å². The topological polar surface area (TPSA) is 164 Å². The van der Waals surface area contributed by atoms with Crippen molar-refractivity contribution in [3.05, 3.63) is 88.4 Å². The fourth-order valence-corrected chi connectivity index (χ4v) is 6.30. The number of benzene rings is 2. The van der Waals surface area contributed by atoms with Crippen LogP contribution < -0.4 is 0 Å². The summed E-state index contributed by atoms with van der Waals surface area (Å²) in [6.07, 6.45) is -7.77. The Kier molecular flexibility index (Phi) is 13.3. The molecule has 0 bridgehead atoms. The second-order valence-corrected chi connectivity index (χ2v) is 13.9. The van der Waals surface area contributed by atoms with Crippen LogP contribution in [0.3, 0.4) is 0 Å². The number of aliphatic hydroxyl groups is 1. The second-order valence-electron chi connectivity index (χ2n) is 13.9. The maximum atomic E-state index is 13.5. The van der Waals surface area contributed by atoms with Gasteiger partial charge in [0.15, 0.2) is 37.2 Å². The molecule has 6 rings (SSSR count). The SMILES string of the molecule is C=C1OC2[C@@H](O)C(C)O[C@@H](O[C@@H]3C(OC(=O)C(C)(C)C)[C@H](OCCCCc4ccc([N+](=O)[O-])cc4)OC4COC(c5ccccc5)O[C@@H]43)[C@H]2O1.[Y]. The molecule has 4 aliphatic heterocycles. The third-order valence-electron chi connectivity index (χ3n) is 9.08. The molecule has 14 nitrogen and oxygen atoms in total. The number of hydrogen-bond donors (Lipinski definition) is 1. The molecule has 0 aliphatic carbocycles. The smallest absolute Gasteiger partial charge is 0.311 e. The Bertz CT molecular complexity index is 1490. The Balaban J connectivity index is 0.00000504. The largest absolute Gasteiger partial charge is 0.455 e. The molecule has 2 aromatic rings. The van der Waals surface area contributed by atoms with E-state index >= 15 is 0 Å². The van der Waals surface area contributed by atoms with Crippen LogP contribution in [0.1, 0.15) is 58.0 Å². The summed E-state index contributed by atoms with van der Waals surface area (Å²) in [6.45, 7) is 11.1. The summed E-state index contributed by atoms with van der Waals surface area (Å²) in [4.78, 5) is 24.0. The Labute approximate surface area is 322 Å². The van der Waals surface area contributed by atoms with Crippen molar-refractivity contribution < 1.29 is 90.2 Å². The molecule has 275 valence electrons. The molecule has 0 amide bonds. The number of fused-ring (bicyclic) bond motifs is 2. The van der Waals surface area contributed by atoms with Crippen LogP contribution in [0.25, 0.3) is 0 Å². The minimum Gasteiger partial charge on any atom is -0.455 e. The summed E-state index contributed by atoms with van der Waals surface area (Å²) in [5.74, 6) is -0.469. The van der Waals surface area contributed by atoms with Crippen LogP contribution in [0.5, 0.6) is 0 Å². The Morgan fingerprint density at radius 3 is 2.35 bits per heavy atom. The van der Waals surface area contributed by atoms with Crippen LogP contribution in [0.4, 0.5) is 5.69 Å². The zero-order valence-corrected chi connectivity index (χ0v) is 32.0. The number of hydrogen-bond acceptors (Lipinski definition) is 13. The number of nitro groups is 1. The molecule has 4 fully saturated rings. The monoisotopic (exact) mass is 788 g/mol. The van der Waals surface area contributed by atoms with Gasteiger partial charge in [-0.3, -0.25) is 14.9 Å². The van der Waals surface area contributed by atoms with Crippen LogP contribution in [-0.4, -0.2) is 90.6 Å². The Morgan fingerprint density at radius 1 is 0.961 bits per heavy atom. The van der Waals surface area contributed by atoms with Crippen LogP contribution in [0, 0.1) is 15.5 Å². The van der Waals surface area contributed by atoms with E-state index in [1.165, 1.54) is 12.1 Å². The maximum Gasteiger partial charge on any atom is 0.311 e. The number of rotatable bonds is 11. The van der Waals surface area contributed by atoms with Crippen molar-refractivity contribution in [1.82, 2.24) is 0 Å². The molecular weight excluding hydrogens is 743 g/mol. The summed E-state index contributed by atoms with van der Waals surface area (Å²) >= 11 is 0. The molecule has 2 aromatic carbocycles. The molecule has 0 aromatic heterocycles. The minimum atomic E-state index is -1.11. The van der Waals surface area contributed by atoms with Gasteiger partial charge >= 0.3 is 5.97 Å². The van der Waals surface area contributed by atoms with Crippen molar-refractivity contribution in [2.24, 2.45) is 5.41 Å². The summed E-state index contributed by atoms with van der Waals surface area (Å²) in [5.41, 5.74) is 0.924. The van der Waals surface area contributed by atoms with Gasteiger partial charge in [-0.25, -0.2) is 0 Å². The predicted molar refractivity (Wildman–Crippen MR) is 174 cm³/mol. The van der Waals surface area contributed by atoms with Crippen LogP contribution in [0.15, 0.2) is 67.1 Å². The molecule has 11 atom stereocenters. The number of carbonyl (C=O) groups is 1. The summed E-state index contributed by atoms with van der Waals surface area (Å²) in [7, 11) is 0. The number of carbonyl (C=O) groups excluding carboxylic acids is 1. The summed E-state index contributed by atoms with van der Waals surface area (Å²) in [6, 6.07) is 15.9. The fourth-order valence-electron chi connectivity index (χ4n) is 6.30. The van der Waals surface area contributed by atoms with Gasteiger partial charge in [-0.15, -0.1) is 0 Å². The van der Waals surface area contributed by atoms with Crippen molar-refractivity contribution >= 4 is 11.7 Å². The van der Waals surface area contributed by atoms with Gasteiger partial charge in [0.2, 0.25) is 0 Å². The molecule has 15 heteroatoms. The molecule has 1 N–H and O–H groups in total. The Hall–Kier alpha value is -2.53. The third-order valence-corrected chi connectivity index (χ3v) is 9.08. The number of aliphatic hydroxyl groups excluding tert-OH is 1. The number of ether oxygens (including phenoxy) is 9. The molecular formula is C36H45NO13Y. The molecule has 0 saturated carbocycles. The van der Waals surface area contributed by atoms with Gasteiger partial charge in [0.05, 0.1) is 23.0 Å². The van der Waals surface area contributed by atoms with Gasteiger partial charge in [0.1, 0.15) is 24.4 Å². The van der Waals surface area contributed by atoms with E-state index in [-0.39, 0.29) is 57.6 Å². The van der Waals surface area contributed by atoms with Gasteiger partial charge in [0.25, 0.3) is 11.6 Å². The first-order valence-corrected chi connectivity index (χ1v) is 16.9. The first-order valence-electron chi connectivity index (χ1n) is 16.9. The zero-order valence-electron chi connectivity index (χ0n) is 29.2. The first-order chi connectivity index (χ1) is 23.9. The molecule has 0 spiro atoms. The van der Waals surface area contributed by atoms with Gasteiger partial charge in [-0.05, 0) is 59.1 Å². The number of esters is 1. The van der Waals surface area contributed by atoms with Crippen molar-refractivity contribution in [2.75, 3.05) is 13.2 Å². The van der Waals surface area contributed by atoms with E-state index in [4.69, 9.17) is 42.6 Å². The standard InChI is InChI=1S/C36H45NO13.Y/c1-20-26(38)28-30(46-21(2)45-28)34(44-20)49-29-27-25(19-43-32(48-27)23-12-7-6-8-13-23)47-33(31(29)50-35(39)36(3,4)5)42-18-10-9-11-22-14-16-24(17-15-22)37(40)41;/h6-8,12-17,20,25-34,38H,2,9-11,18-19H2,1,3-5H3;/t20?,25?,26-,27-,28?,29-,30-,31?,32?,33+,34-;/m0./s1. The number of unbranched alkanes of at least 4 members (excludes halogenated alkanes) is 1. The predicted octanol–water partition coefficient (Wildman–Crippen LogP) is 4.47. The summed E-state index contributed by atoms with van der Waals surface area (Å²) < 4.78 is 55.8. The molecule has 1 radical (unpaired) electrons. The average Bonchev–Trinajstić information content (AvgIpc) is 3.50. The first kappa shape index (κ1) is 39.7. The van der Waals surface area contributed by atoms with E-state index in [0.717, 1.165) is 17.5 Å². The number of non-ortho nitro benzene ring substituents is 1. The quantitative estimate of drug-likeness (QED) is 0.147. The van der Waals surface area contributed by atoms with Crippen LogP contribution in [0.2, 0.25) is 0 Å². The molecule has 51 heavy (non-hydrogen) atoms. The summed E-state index contributed by atoms with van der Waals surface area (Å²) in [5, 5.41) is 21.8. The average molecular weight is 789 g/mol. The van der Waals surface area contributed by atoms with Crippen LogP contribution in [-0.2, 0) is 86.6 Å².